The van der Waals surface area contributed by atoms with E-state index in [2.05, 4.69) is 9.80 Å². The normalized spacial score (nSPS) is 26.5. The van der Waals surface area contributed by atoms with E-state index < -0.39 is 5.97 Å². The van der Waals surface area contributed by atoms with Crippen molar-refractivity contribution >= 4 is 5.97 Å². The lowest BCUT2D eigenvalue weighted by Crippen LogP contribution is -2.51. The van der Waals surface area contributed by atoms with Crippen molar-refractivity contribution < 1.29 is 9.90 Å². The second-order valence-electron chi connectivity index (χ2n) is 4.79. The Morgan fingerprint density at radius 1 is 1.33 bits per heavy atom. The highest BCUT2D eigenvalue weighted by Gasteiger charge is 2.28. The first-order chi connectivity index (χ1) is 7.16. The number of carboxylic acid groups (broad SMARTS) is 1. The van der Waals surface area contributed by atoms with Crippen molar-refractivity contribution in [2.45, 2.75) is 25.8 Å². The highest BCUT2D eigenvalue weighted by Crippen LogP contribution is 2.29. The zero-order chi connectivity index (χ0) is 10.8. The monoisotopic (exact) mass is 212 g/mol. The van der Waals surface area contributed by atoms with E-state index in [4.69, 9.17) is 5.11 Å². The van der Waals surface area contributed by atoms with Crippen molar-refractivity contribution in [1.82, 2.24) is 9.80 Å². The molecule has 4 heteroatoms. The van der Waals surface area contributed by atoms with Crippen LogP contribution in [-0.2, 0) is 4.79 Å². The molecule has 0 bridgehead atoms. The summed E-state index contributed by atoms with van der Waals surface area (Å²) in [4.78, 5) is 15.3. The summed E-state index contributed by atoms with van der Waals surface area (Å²) in [6, 6.07) is -0.326. The Hall–Kier alpha value is -0.610. The van der Waals surface area contributed by atoms with Crippen LogP contribution in [0.1, 0.15) is 19.8 Å². The lowest BCUT2D eigenvalue weighted by molar-refractivity contribution is -0.143. The molecule has 1 aliphatic carbocycles. The van der Waals surface area contributed by atoms with Crippen LogP contribution in [0.25, 0.3) is 0 Å². The minimum atomic E-state index is -0.703. The maximum Gasteiger partial charge on any atom is 0.320 e. The van der Waals surface area contributed by atoms with Gasteiger partial charge in [-0.2, -0.15) is 0 Å². The van der Waals surface area contributed by atoms with E-state index in [-0.39, 0.29) is 6.04 Å². The van der Waals surface area contributed by atoms with E-state index in [0.29, 0.717) is 0 Å². The minimum absolute atomic E-state index is 0.326. The maximum atomic E-state index is 10.8. The molecule has 0 aromatic rings. The van der Waals surface area contributed by atoms with Crippen LogP contribution >= 0.6 is 0 Å². The van der Waals surface area contributed by atoms with Crippen LogP contribution in [-0.4, -0.2) is 59.6 Å². The van der Waals surface area contributed by atoms with E-state index in [0.717, 1.165) is 32.1 Å². The molecule has 2 fully saturated rings. The van der Waals surface area contributed by atoms with Crippen molar-refractivity contribution in [1.29, 1.82) is 0 Å². The summed E-state index contributed by atoms with van der Waals surface area (Å²) < 4.78 is 0. The summed E-state index contributed by atoms with van der Waals surface area (Å²) in [5.74, 6) is 0.235. The molecule has 4 nitrogen and oxygen atoms in total. The SMILES string of the molecule is CC(C(=O)O)N1CCN(CC2CC2)CC1. The second-order valence-corrected chi connectivity index (χ2v) is 4.79. The van der Waals surface area contributed by atoms with Gasteiger partial charge in [0.1, 0.15) is 6.04 Å². The molecule has 15 heavy (non-hydrogen) atoms. The third-order valence-corrected chi connectivity index (χ3v) is 3.53. The van der Waals surface area contributed by atoms with Gasteiger partial charge in [-0.25, -0.2) is 0 Å². The predicted molar refractivity (Wildman–Crippen MR) is 57.8 cm³/mol. The number of aliphatic carboxylic acids is 1. The molecule has 0 aromatic heterocycles. The van der Waals surface area contributed by atoms with Crippen LogP contribution in [0.4, 0.5) is 0 Å². The maximum absolute atomic E-state index is 10.8. The van der Waals surface area contributed by atoms with Gasteiger partial charge in [0.05, 0.1) is 0 Å². The van der Waals surface area contributed by atoms with Crippen molar-refractivity contribution in [3.05, 3.63) is 0 Å². The minimum Gasteiger partial charge on any atom is -0.480 e. The van der Waals surface area contributed by atoms with Gasteiger partial charge in [-0.15, -0.1) is 0 Å². The Morgan fingerprint density at radius 3 is 2.40 bits per heavy atom. The van der Waals surface area contributed by atoms with Crippen molar-refractivity contribution in [2.75, 3.05) is 32.7 Å². The van der Waals surface area contributed by atoms with Gasteiger partial charge in [-0.1, -0.05) is 0 Å². The summed E-state index contributed by atoms with van der Waals surface area (Å²) in [7, 11) is 0. The van der Waals surface area contributed by atoms with Gasteiger partial charge in [-0.05, 0) is 25.7 Å². The number of rotatable bonds is 4. The van der Waals surface area contributed by atoms with E-state index in [1.807, 2.05) is 0 Å². The number of nitrogens with zero attached hydrogens (tertiary/aromatic N) is 2. The van der Waals surface area contributed by atoms with Gasteiger partial charge in [0.2, 0.25) is 0 Å². The number of piperazine rings is 1. The predicted octanol–water partition coefficient (Wildman–Crippen LogP) is 0.487. The molecule has 0 radical (unpaired) electrons. The fourth-order valence-corrected chi connectivity index (χ4v) is 2.15. The van der Waals surface area contributed by atoms with E-state index in [1.165, 1.54) is 19.4 Å². The van der Waals surface area contributed by atoms with Crippen LogP contribution in [0.15, 0.2) is 0 Å². The summed E-state index contributed by atoms with van der Waals surface area (Å²) >= 11 is 0. The van der Waals surface area contributed by atoms with Crippen molar-refractivity contribution in [3.8, 4) is 0 Å². The van der Waals surface area contributed by atoms with Gasteiger partial charge in [0, 0.05) is 32.7 Å². The van der Waals surface area contributed by atoms with Gasteiger partial charge >= 0.3 is 5.97 Å². The van der Waals surface area contributed by atoms with Crippen LogP contribution in [0.5, 0.6) is 0 Å². The zero-order valence-electron chi connectivity index (χ0n) is 9.35. The average Bonchev–Trinajstić information content (AvgIpc) is 3.02. The number of hydrogen-bond acceptors (Lipinski definition) is 3. The molecule has 0 aromatic carbocycles. The molecule has 1 atom stereocenters. The number of carboxylic acids is 1. The Bertz CT molecular complexity index is 233. The summed E-state index contributed by atoms with van der Waals surface area (Å²) in [5.41, 5.74) is 0. The third-order valence-electron chi connectivity index (χ3n) is 3.53. The third kappa shape index (κ3) is 2.92. The second kappa shape index (κ2) is 4.49. The lowest BCUT2D eigenvalue weighted by Gasteiger charge is -2.36. The molecule has 1 unspecified atom stereocenters. The van der Waals surface area contributed by atoms with Crippen molar-refractivity contribution in [2.24, 2.45) is 5.92 Å². The first kappa shape index (κ1) is 10.9. The summed E-state index contributed by atoms with van der Waals surface area (Å²) in [5, 5.41) is 8.90. The van der Waals surface area contributed by atoms with Crippen LogP contribution in [0, 0.1) is 5.92 Å². The standard InChI is InChI=1S/C11H20N2O2/c1-9(11(14)15)13-6-4-12(5-7-13)8-10-2-3-10/h9-10H,2-8H2,1H3,(H,14,15). The Labute approximate surface area is 90.9 Å². The van der Waals surface area contributed by atoms with Gasteiger partial charge < -0.3 is 10.0 Å². The Morgan fingerprint density at radius 2 is 1.93 bits per heavy atom. The highest BCUT2D eigenvalue weighted by molar-refractivity contribution is 5.72. The molecule has 1 saturated heterocycles. The van der Waals surface area contributed by atoms with Gasteiger partial charge in [0.25, 0.3) is 0 Å². The first-order valence-corrected chi connectivity index (χ1v) is 5.86. The van der Waals surface area contributed by atoms with E-state index >= 15 is 0 Å². The average molecular weight is 212 g/mol. The van der Waals surface area contributed by atoms with Crippen molar-refractivity contribution in [3.63, 3.8) is 0 Å². The van der Waals surface area contributed by atoms with Gasteiger partial charge in [0.15, 0.2) is 0 Å². The highest BCUT2D eigenvalue weighted by atomic mass is 16.4. The molecule has 1 N–H and O–H groups in total. The molecule has 2 aliphatic rings. The smallest absolute Gasteiger partial charge is 0.320 e. The van der Waals surface area contributed by atoms with E-state index in [9.17, 15) is 4.79 Å². The zero-order valence-corrected chi connectivity index (χ0v) is 9.35. The van der Waals surface area contributed by atoms with Gasteiger partial charge in [-0.3, -0.25) is 9.69 Å². The fraction of sp³-hybridized carbons (Fsp3) is 0.909. The van der Waals surface area contributed by atoms with Crippen LogP contribution in [0.2, 0.25) is 0 Å². The molecule has 2 rings (SSSR count). The lowest BCUT2D eigenvalue weighted by atomic mass is 10.2. The van der Waals surface area contributed by atoms with E-state index in [1.54, 1.807) is 6.92 Å². The molecule has 86 valence electrons. The van der Waals surface area contributed by atoms with Crippen LogP contribution in [0.3, 0.4) is 0 Å². The molecule has 0 spiro atoms. The molecule has 1 aliphatic heterocycles. The fourth-order valence-electron chi connectivity index (χ4n) is 2.15. The number of carbonyl (C=O) groups is 1. The first-order valence-electron chi connectivity index (χ1n) is 5.86. The molecular formula is C11H20N2O2. The Balaban J connectivity index is 1.73. The Kier molecular flexibility index (Phi) is 3.26. The quantitative estimate of drug-likeness (QED) is 0.736. The molecule has 1 heterocycles. The molecule has 1 saturated carbocycles. The summed E-state index contributed by atoms with van der Waals surface area (Å²) in [6.45, 7) is 6.89. The largest absolute Gasteiger partial charge is 0.480 e. The molecular weight excluding hydrogens is 192 g/mol. The molecule has 0 amide bonds. The number of hydrogen-bond donors (Lipinski definition) is 1. The van der Waals surface area contributed by atoms with Crippen LogP contribution < -0.4 is 0 Å². The topological polar surface area (TPSA) is 43.8 Å². The summed E-state index contributed by atoms with van der Waals surface area (Å²) in [6.07, 6.45) is 2.79.